The van der Waals surface area contributed by atoms with Gasteiger partial charge in [-0.15, -0.1) is 0 Å². The summed E-state index contributed by atoms with van der Waals surface area (Å²) in [5.41, 5.74) is 0. The molecule has 2 atom stereocenters. The Labute approximate surface area is 98.2 Å². The predicted octanol–water partition coefficient (Wildman–Crippen LogP) is 1.62. The first-order valence-corrected chi connectivity index (χ1v) is 6.25. The van der Waals surface area contributed by atoms with Crippen molar-refractivity contribution in [2.45, 2.75) is 38.9 Å². The summed E-state index contributed by atoms with van der Waals surface area (Å²) >= 11 is 0. The largest absolute Gasteiger partial charge is 0.379 e. The molecule has 1 aliphatic heterocycles. The Kier molecular flexibility index (Phi) is 7.76. The molecule has 96 valence electrons. The molecule has 0 spiro atoms. The molecular formula is C12H24O4. The van der Waals surface area contributed by atoms with Gasteiger partial charge in [0, 0.05) is 19.8 Å². The molecule has 0 N–H and O–H groups in total. The first-order chi connectivity index (χ1) is 7.86. The fourth-order valence-corrected chi connectivity index (χ4v) is 1.49. The van der Waals surface area contributed by atoms with Crippen molar-refractivity contribution in [3.8, 4) is 0 Å². The van der Waals surface area contributed by atoms with Crippen LogP contribution in [0.15, 0.2) is 0 Å². The maximum atomic E-state index is 5.58. The molecule has 0 aromatic heterocycles. The highest BCUT2D eigenvalue weighted by Crippen LogP contribution is 2.09. The minimum absolute atomic E-state index is 0.214. The Morgan fingerprint density at radius 3 is 2.69 bits per heavy atom. The molecule has 1 aliphatic rings. The second-order valence-corrected chi connectivity index (χ2v) is 3.91. The minimum atomic E-state index is 0.214. The quantitative estimate of drug-likeness (QED) is 0.401. The summed E-state index contributed by atoms with van der Waals surface area (Å²) in [6.07, 6.45) is 2.60. The van der Waals surface area contributed by atoms with Gasteiger partial charge in [-0.1, -0.05) is 0 Å². The maximum Gasteiger partial charge on any atom is 0.104 e. The lowest BCUT2D eigenvalue weighted by Gasteiger charge is -2.16. The fraction of sp³-hybridized carbons (Fsp3) is 1.00. The van der Waals surface area contributed by atoms with Crippen molar-refractivity contribution in [3.63, 3.8) is 0 Å². The number of rotatable bonds is 11. The summed E-state index contributed by atoms with van der Waals surface area (Å²) < 4.78 is 21.5. The number of ether oxygens (including phenoxy) is 4. The van der Waals surface area contributed by atoms with E-state index in [0.717, 1.165) is 45.9 Å². The second kappa shape index (κ2) is 8.93. The Morgan fingerprint density at radius 1 is 1.25 bits per heavy atom. The van der Waals surface area contributed by atoms with E-state index in [-0.39, 0.29) is 6.10 Å². The van der Waals surface area contributed by atoms with E-state index in [0.29, 0.717) is 12.7 Å². The third-order valence-electron chi connectivity index (χ3n) is 2.43. The molecule has 2 unspecified atom stereocenters. The van der Waals surface area contributed by atoms with E-state index >= 15 is 0 Å². The lowest BCUT2D eigenvalue weighted by Crippen LogP contribution is -2.20. The van der Waals surface area contributed by atoms with Crippen molar-refractivity contribution in [1.82, 2.24) is 0 Å². The van der Waals surface area contributed by atoms with Crippen LogP contribution in [-0.2, 0) is 18.9 Å². The zero-order chi connectivity index (χ0) is 11.6. The highest BCUT2D eigenvalue weighted by Gasteiger charge is 2.22. The first kappa shape index (κ1) is 13.9. The molecule has 4 heteroatoms. The SMILES string of the molecule is CCOCC(CCCOCC1CO1)OCC. The normalized spacial score (nSPS) is 21.0. The molecule has 0 aromatic rings. The van der Waals surface area contributed by atoms with Crippen molar-refractivity contribution in [2.24, 2.45) is 0 Å². The predicted molar refractivity (Wildman–Crippen MR) is 61.7 cm³/mol. The molecular weight excluding hydrogens is 208 g/mol. The summed E-state index contributed by atoms with van der Waals surface area (Å²) in [7, 11) is 0. The Bertz CT molecular complexity index is 159. The van der Waals surface area contributed by atoms with Gasteiger partial charge >= 0.3 is 0 Å². The van der Waals surface area contributed by atoms with Crippen LogP contribution in [0.4, 0.5) is 0 Å². The highest BCUT2D eigenvalue weighted by atomic mass is 16.6. The standard InChI is InChI=1S/C12H24O4/c1-3-13-8-11(15-4-2)6-5-7-14-9-12-10-16-12/h11-12H,3-10H2,1-2H3. The average molecular weight is 232 g/mol. The lowest BCUT2D eigenvalue weighted by molar-refractivity contribution is -0.0172. The van der Waals surface area contributed by atoms with Crippen molar-refractivity contribution in [1.29, 1.82) is 0 Å². The summed E-state index contributed by atoms with van der Waals surface area (Å²) in [6, 6.07) is 0. The van der Waals surface area contributed by atoms with E-state index in [2.05, 4.69) is 0 Å². The van der Waals surface area contributed by atoms with Crippen LogP contribution in [-0.4, -0.2) is 51.8 Å². The Morgan fingerprint density at radius 2 is 2.06 bits per heavy atom. The molecule has 1 rings (SSSR count). The van der Waals surface area contributed by atoms with Crippen molar-refractivity contribution >= 4 is 0 Å². The van der Waals surface area contributed by atoms with Gasteiger partial charge in [-0.2, -0.15) is 0 Å². The Balaban J connectivity index is 1.92. The van der Waals surface area contributed by atoms with Gasteiger partial charge in [0.1, 0.15) is 6.10 Å². The summed E-state index contributed by atoms with van der Waals surface area (Å²) in [6.45, 7) is 8.59. The van der Waals surface area contributed by atoms with Gasteiger partial charge in [-0.05, 0) is 26.7 Å². The molecule has 16 heavy (non-hydrogen) atoms. The third-order valence-corrected chi connectivity index (χ3v) is 2.43. The van der Waals surface area contributed by atoms with Crippen LogP contribution >= 0.6 is 0 Å². The highest BCUT2D eigenvalue weighted by molar-refractivity contribution is 4.67. The van der Waals surface area contributed by atoms with Gasteiger partial charge in [-0.3, -0.25) is 0 Å². The molecule has 0 bridgehead atoms. The molecule has 1 fully saturated rings. The second-order valence-electron chi connectivity index (χ2n) is 3.91. The molecule has 0 saturated carbocycles. The lowest BCUT2D eigenvalue weighted by atomic mass is 10.2. The van der Waals surface area contributed by atoms with Gasteiger partial charge in [0.2, 0.25) is 0 Å². The van der Waals surface area contributed by atoms with E-state index < -0.39 is 0 Å². The first-order valence-electron chi connectivity index (χ1n) is 6.25. The van der Waals surface area contributed by atoms with Crippen LogP contribution in [0.5, 0.6) is 0 Å². The zero-order valence-corrected chi connectivity index (χ0v) is 10.4. The molecule has 4 nitrogen and oxygen atoms in total. The molecule has 1 heterocycles. The number of epoxide rings is 1. The van der Waals surface area contributed by atoms with Gasteiger partial charge in [0.05, 0.1) is 25.9 Å². The molecule has 1 saturated heterocycles. The van der Waals surface area contributed by atoms with Crippen LogP contribution in [0, 0.1) is 0 Å². The summed E-state index contributed by atoms with van der Waals surface area (Å²) in [4.78, 5) is 0. The van der Waals surface area contributed by atoms with Crippen molar-refractivity contribution < 1.29 is 18.9 Å². The Hall–Kier alpha value is -0.160. The number of hydrogen-bond acceptors (Lipinski definition) is 4. The fourth-order valence-electron chi connectivity index (χ4n) is 1.49. The molecule has 0 radical (unpaired) electrons. The molecule has 0 aromatic carbocycles. The van der Waals surface area contributed by atoms with Crippen LogP contribution in [0.25, 0.3) is 0 Å². The van der Waals surface area contributed by atoms with E-state index in [1.54, 1.807) is 0 Å². The van der Waals surface area contributed by atoms with E-state index in [4.69, 9.17) is 18.9 Å². The van der Waals surface area contributed by atoms with Crippen LogP contribution in [0.1, 0.15) is 26.7 Å². The van der Waals surface area contributed by atoms with Gasteiger partial charge < -0.3 is 18.9 Å². The van der Waals surface area contributed by atoms with Crippen LogP contribution in [0.3, 0.4) is 0 Å². The van der Waals surface area contributed by atoms with E-state index in [9.17, 15) is 0 Å². The maximum absolute atomic E-state index is 5.58. The summed E-state index contributed by atoms with van der Waals surface area (Å²) in [5.74, 6) is 0. The monoisotopic (exact) mass is 232 g/mol. The van der Waals surface area contributed by atoms with E-state index in [1.165, 1.54) is 0 Å². The van der Waals surface area contributed by atoms with Crippen LogP contribution in [0.2, 0.25) is 0 Å². The van der Waals surface area contributed by atoms with Gasteiger partial charge in [-0.25, -0.2) is 0 Å². The smallest absolute Gasteiger partial charge is 0.104 e. The van der Waals surface area contributed by atoms with Gasteiger partial charge in [0.25, 0.3) is 0 Å². The third kappa shape index (κ3) is 7.17. The average Bonchev–Trinajstić information content (AvgIpc) is 3.09. The number of hydrogen-bond donors (Lipinski definition) is 0. The molecule has 0 amide bonds. The topological polar surface area (TPSA) is 40.2 Å². The minimum Gasteiger partial charge on any atom is -0.379 e. The van der Waals surface area contributed by atoms with E-state index in [1.807, 2.05) is 13.8 Å². The summed E-state index contributed by atoms with van der Waals surface area (Å²) in [5, 5.41) is 0. The van der Waals surface area contributed by atoms with Gasteiger partial charge in [0.15, 0.2) is 0 Å². The van der Waals surface area contributed by atoms with Crippen molar-refractivity contribution in [3.05, 3.63) is 0 Å². The van der Waals surface area contributed by atoms with Crippen LogP contribution < -0.4 is 0 Å². The van der Waals surface area contributed by atoms with Crippen molar-refractivity contribution in [2.75, 3.05) is 39.6 Å². The zero-order valence-electron chi connectivity index (χ0n) is 10.4. The molecule has 0 aliphatic carbocycles.